The molecule has 0 aromatic heterocycles. The van der Waals surface area contributed by atoms with E-state index in [1.807, 2.05) is 13.8 Å². The maximum atomic E-state index is 12.1. The molecule has 2 N–H and O–H groups in total. The molecule has 1 atom stereocenters. The summed E-state index contributed by atoms with van der Waals surface area (Å²) in [7, 11) is 1.24. The second kappa shape index (κ2) is 6.58. The lowest BCUT2D eigenvalue weighted by atomic mass is 10.0. The van der Waals surface area contributed by atoms with E-state index in [4.69, 9.17) is 5.11 Å². The molecule has 1 rings (SSSR count). The van der Waals surface area contributed by atoms with Crippen molar-refractivity contribution < 1.29 is 24.2 Å². The van der Waals surface area contributed by atoms with Gasteiger partial charge in [0.1, 0.15) is 6.04 Å². The molecule has 0 aliphatic carbocycles. The van der Waals surface area contributed by atoms with E-state index in [1.54, 1.807) is 4.90 Å². The van der Waals surface area contributed by atoms with Crippen molar-refractivity contribution in [3.8, 4) is 0 Å². The fraction of sp³-hybridized carbons (Fsp3) is 0.769. The highest BCUT2D eigenvalue weighted by molar-refractivity contribution is 5.83. The van der Waals surface area contributed by atoms with E-state index in [2.05, 4.69) is 10.1 Å². The van der Waals surface area contributed by atoms with Gasteiger partial charge in [0.05, 0.1) is 7.11 Å². The van der Waals surface area contributed by atoms with Gasteiger partial charge < -0.3 is 20.1 Å². The summed E-state index contributed by atoms with van der Waals surface area (Å²) in [5.74, 6) is -1.65. The topological polar surface area (TPSA) is 95.9 Å². The number of carbonyl (C=O) groups excluding carboxylic acids is 2. The van der Waals surface area contributed by atoms with Crippen molar-refractivity contribution in [3.63, 3.8) is 0 Å². The third-order valence-electron chi connectivity index (χ3n) is 3.61. The summed E-state index contributed by atoms with van der Waals surface area (Å²) in [5.41, 5.74) is -0.268. The van der Waals surface area contributed by atoms with Gasteiger partial charge in [-0.25, -0.2) is 9.59 Å². The summed E-state index contributed by atoms with van der Waals surface area (Å²) >= 11 is 0. The molecule has 20 heavy (non-hydrogen) atoms. The summed E-state index contributed by atoms with van der Waals surface area (Å²) in [4.78, 5) is 35.9. The van der Waals surface area contributed by atoms with Gasteiger partial charge in [0.15, 0.2) is 0 Å². The summed E-state index contributed by atoms with van der Waals surface area (Å²) in [6, 6.07) is -1.48. The smallest absolute Gasteiger partial charge is 0.326 e. The van der Waals surface area contributed by atoms with Crippen molar-refractivity contribution in [2.45, 2.75) is 51.1 Å². The number of carboxylic acids is 1. The number of likely N-dealkylation sites (tertiary alicyclic amines) is 1. The predicted octanol–water partition coefficient (Wildman–Crippen LogP) is 0.977. The number of nitrogens with zero attached hydrogens (tertiary/aromatic N) is 1. The zero-order valence-electron chi connectivity index (χ0n) is 12.1. The number of nitrogens with one attached hydrogen (secondary N) is 1. The quantitative estimate of drug-likeness (QED) is 0.734. The first kappa shape index (κ1) is 16.3. The zero-order chi connectivity index (χ0) is 15.3. The summed E-state index contributed by atoms with van der Waals surface area (Å²) in [5, 5.41) is 11.6. The average molecular weight is 286 g/mol. The lowest BCUT2D eigenvalue weighted by molar-refractivity contribution is -0.142. The standard InChI is InChI=1S/C13H22N2O5/c1-13(2)7-4-8-15(13)12(19)14-9(11(17)18)5-6-10(16)20-3/h9H,4-8H2,1-3H3,(H,14,19)(H,17,18)/t9-/m0/s1. The van der Waals surface area contributed by atoms with E-state index in [1.165, 1.54) is 7.11 Å². The van der Waals surface area contributed by atoms with Gasteiger partial charge in [-0.3, -0.25) is 4.79 Å². The molecule has 0 radical (unpaired) electrons. The minimum atomic E-state index is -1.15. The minimum absolute atomic E-state index is 0.0159. The van der Waals surface area contributed by atoms with Gasteiger partial charge in [0.25, 0.3) is 0 Å². The number of ether oxygens (including phenoxy) is 1. The molecule has 2 amide bonds. The van der Waals surface area contributed by atoms with Crippen LogP contribution in [0.4, 0.5) is 4.79 Å². The molecular formula is C13H22N2O5. The summed E-state index contributed by atoms with van der Waals surface area (Å²) in [6.07, 6.45) is 1.76. The number of hydrogen-bond acceptors (Lipinski definition) is 4. The van der Waals surface area contributed by atoms with Crippen LogP contribution in [0.15, 0.2) is 0 Å². The second-order valence-corrected chi connectivity index (χ2v) is 5.52. The van der Waals surface area contributed by atoms with Gasteiger partial charge in [0.2, 0.25) is 0 Å². The predicted molar refractivity (Wildman–Crippen MR) is 71.2 cm³/mol. The number of methoxy groups -OCH3 is 1. The van der Waals surface area contributed by atoms with Crippen LogP contribution in [0.5, 0.6) is 0 Å². The van der Waals surface area contributed by atoms with Gasteiger partial charge in [-0.1, -0.05) is 0 Å². The van der Waals surface area contributed by atoms with Gasteiger partial charge in [0, 0.05) is 18.5 Å². The van der Waals surface area contributed by atoms with Crippen molar-refractivity contribution >= 4 is 18.0 Å². The van der Waals surface area contributed by atoms with E-state index in [9.17, 15) is 14.4 Å². The normalized spacial score (nSPS) is 18.4. The number of carbonyl (C=O) groups is 3. The molecule has 0 aromatic carbocycles. The van der Waals surface area contributed by atoms with Crippen molar-refractivity contribution in [1.82, 2.24) is 10.2 Å². The third-order valence-corrected chi connectivity index (χ3v) is 3.61. The van der Waals surface area contributed by atoms with E-state index in [0.717, 1.165) is 12.8 Å². The van der Waals surface area contributed by atoms with Crippen LogP contribution >= 0.6 is 0 Å². The van der Waals surface area contributed by atoms with Crippen LogP contribution in [0.2, 0.25) is 0 Å². The van der Waals surface area contributed by atoms with E-state index in [0.29, 0.717) is 6.54 Å². The fourth-order valence-electron chi connectivity index (χ4n) is 2.33. The lowest BCUT2D eigenvalue weighted by Gasteiger charge is -2.32. The Morgan fingerprint density at radius 1 is 1.40 bits per heavy atom. The summed E-state index contributed by atoms with van der Waals surface area (Å²) in [6.45, 7) is 4.51. The first-order chi connectivity index (χ1) is 9.27. The van der Waals surface area contributed by atoms with Gasteiger partial charge in [-0.15, -0.1) is 0 Å². The molecule has 0 aromatic rings. The van der Waals surface area contributed by atoms with Crippen LogP contribution in [0.3, 0.4) is 0 Å². The van der Waals surface area contributed by atoms with Crippen LogP contribution in [0.1, 0.15) is 39.5 Å². The van der Waals surface area contributed by atoms with Crippen molar-refractivity contribution in [2.24, 2.45) is 0 Å². The molecule has 1 fully saturated rings. The van der Waals surface area contributed by atoms with Crippen LogP contribution in [0.25, 0.3) is 0 Å². The third kappa shape index (κ3) is 4.11. The molecule has 0 unspecified atom stereocenters. The van der Waals surface area contributed by atoms with Crippen LogP contribution in [0, 0.1) is 0 Å². The van der Waals surface area contributed by atoms with E-state index in [-0.39, 0.29) is 18.4 Å². The largest absolute Gasteiger partial charge is 0.480 e. The number of aliphatic carboxylic acids is 1. The first-order valence-electron chi connectivity index (χ1n) is 6.65. The molecule has 0 bridgehead atoms. The Bertz CT molecular complexity index is 394. The molecule has 7 nitrogen and oxygen atoms in total. The highest BCUT2D eigenvalue weighted by Crippen LogP contribution is 2.28. The highest BCUT2D eigenvalue weighted by atomic mass is 16.5. The molecular weight excluding hydrogens is 264 g/mol. The molecule has 0 spiro atoms. The summed E-state index contributed by atoms with van der Waals surface area (Å²) < 4.78 is 4.46. The van der Waals surface area contributed by atoms with Gasteiger partial charge >= 0.3 is 18.0 Å². The Morgan fingerprint density at radius 2 is 2.05 bits per heavy atom. The Balaban J connectivity index is 2.59. The minimum Gasteiger partial charge on any atom is -0.480 e. The lowest BCUT2D eigenvalue weighted by Crippen LogP contribution is -2.52. The Labute approximate surface area is 118 Å². The van der Waals surface area contributed by atoms with E-state index >= 15 is 0 Å². The fourth-order valence-corrected chi connectivity index (χ4v) is 2.33. The average Bonchev–Trinajstić information content (AvgIpc) is 2.73. The Kier molecular flexibility index (Phi) is 5.35. The monoisotopic (exact) mass is 286 g/mol. The van der Waals surface area contributed by atoms with Crippen LogP contribution in [-0.2, 0) is 14.3 Å². The number of hydrogen-bond donors (Lipinski definition) is 2. The highest BCUT2D eigenvalue weighted by Gasteiger charge is 2.36. The first-order valence-corrected chi connectivity index (χ1v) is 6.65. The molecule has 1 saturated heterocycles. The zero-order valence-corrected chi connectivity index (χ0v) is 12.1. The Hall–Kier alpha value is -1.79. The van der Waals surface area contributed by atoms with Crippen molar-refractivity contribution in [3.05, 3.63) is 0 Å². The maximum Gasteiger partial charge on any atom is 0.326 e. The van der Waals surface area contributed by atoms with Crippen molar-refractivity contribution in [1.29, 1.82) is 0 Å². The number of carboxylic acid groups (broad SMARTS) is 1. The van der Waals surface area contributed by atoms with Crippen LogP contribution < -0.4 is 5.32 Å². The van der Waals surface area contributed by atoms with Gasteiger partial charge in [-0.05, 0) is 33.1 Å². The number of urea groups is 1. The maximum absolute atomic E-state index is 12.1. The van der Waals surface area contributed by atoms with Gasteiger partial charge in [-0.2, -0.15) is 0 Å². The molecule has 1 heterocycles. The van der Waals surface area contributed by atoms with Crippen molar-refractivity contribution in [2.75, 3.05) is 13.7 Å². The molecule has 7 heteroatoms. The molecule has 0 saturated carbocycles. The molecule has 114 valence electrons. The Morgan fingerprint density at radius 3 is 2.50 bits per heavy atom. The second-order valence-electron chi connectivity index (χ2n) is 5.52. The number of esters is 1. The van der Waals surface area contributed by atoms with E-state index < -0.39 is 24.0 Å². The molecule has 1 aliphatic rings. The SMILES string of the molecule is COC(=O)CC[C@H](NC(=O)N1CCCC1(C)C)C(=O)O. The van der Waals surface area contributed by atoms with Crippen LogP contribution in [-0.4, -0.2) is 53.2 Å². The molecule has 1 aliphatic heterocycles. The number of amides is 2. The number of rotatable bonds is 5.